The SMILES string of the molecule is CC(C)c1ccc(NC(=O)c2cncc(C(=O)N3CCOCC3)c2)cc1. The van der Waals surface area contributed by atoms with Crippen molar-refractivity contribution >= 4 is 17.5 Å². The van der Waals surface area contributed by atoms with E-state index in [1.54, 1.807) is 11.0 Å². The zero-order valence-electron chi connectivity index (χ0n) is 15.1. The number of nitrogens with one attached hydrogen (secondary N) is 1. The molecular formula is C20H23N3O3. The van der Waals surface area contributed by atoms with E-state index in [9.17, 15) is 9.59 Å². The molecule has 6 nitrogen and oxygen atoms in total. The van der Waals surface area contributed by atoms with Crippen molar-refractivity contribution in [1.82, 2.24) is 9.88 Å². The Kier molecular flexibility index (Phi) is 5.63. The molecule has 0 atom stereocenters. The lowest BCUT2D eigenvalue weighted by atomic mass is 10.0. The second-order valence-corrected chi connectivity index (χ2v) is 6.60. The van der Waals surface area contributed by atoms with Crippen molar-refractivity contribution in [3.05, 3.63) is 59.4 Å². The summed E-state index contributed by atoms with van der Waals surface area (Å²) in [5.74, 6) is 0.0231. The van der Waals surface area contributed by atoms with Gasteiger partial charge in [0.2, 0.25) is 0 Å². The minimum Gasteiger partial charge on any atom is -0.378 e. The molecule has 26 heavy (non-hydrogen) atoms. The van der Waals surface area contributed by atoms with Crippen molar-refractivity contribution in [2.24, 2.45) is 0 Å². The first kappa shape index (κ1) is 18.1. The van der Waals surface area contributed by atoms with Crippen LogP contribution in [0.3, 0.4) is 0 Å². The predicted octanol–water partition coefficient (Wildman–Crippen LogP) is 2.93. The third-order valence-electron chi connectivity index (χ3n) is 4.38. The first-order valence-electron chi connectivity index (χ1n) is 8.78. The second kappa shape index (κ2) is 8.10. The van der Waals surface area contributed by atoms with Crippen molar-refractivity contribution in [2.45, 2.75) is 19.8 Å². The summed E-state index contributed by atoms with van der Waals surface area (Å²) >= 11 is 0. The van der Waals surface area contributed by atoms with Crippen LogP contribution in [0, 0.1) is 0 Å². The Balaban J connectivity index is 1.70. The van der Waals surface area contributed by atoms with E-state index in [1.807, 2.05) is 24.3 Å². The van der Waals surface area contributed by atoms with Gasteiger partial charge in [-0.1, -0.05) is 26.0 Å². The van der Waals surface area contributed by atoms with Crippen LogP contribution in [0.5, 0.6) is 0 Å². The summed E-state index contributed by atoms with van der Waals surface area (Å²) in [4.78, 5) is 30.8. The highest BCUT2D eigenvalue weighted by Gasteiger charge is 2.20. The number of ether oxygens (including phenoxy) is 1. The number of pyridine rings is 1. The highest BCUT2D eigenvalue weighted by molar-refractivity contribution is 6.05. The summed E-state index contributed by atoms with van der Waals surface area (Å²) in [5, 5.41) is 2.85. The van der Waals surface area contributed by atoms with E-state index in [0.29, 0.717) is 49.0 Å². The Labute approximate surface area is 153 Å². The molecule has 3 rings (SSSR count). The third-order valence-corrected chi connectivity index (χ3v) is 4.38. The van der Waals surface area contributed by atoms with Gasteiger partial charge >= 0.3 is 0 Å². The van der Waals surface area contributed by atoms with Crippen molar-refractivity contribution in [1.29, 1.82) is 0 Å². The van der Waals surface area contributed by atoms with Gasteiger partial charge in [-0.3, -0.25) is 14.6 Å². The van der Waals surface area contributed by atoms with Crippen LogP contribution in [0.4, 0.5) is 5.69 Å². The summed E-state index contributed by atoms with van der Waals surface area (Å²) in [6.45, 7) is 6.42. The summed E-state index contributed by atoms with van der Waals surface area (Å²) in [6.07, 6.45) is 2.96. The number of amides is 2. The van der Waals surface area contributed by atoms with Gasteiger partial charge in [-0.05, 0) is 29.7 Å². The topological polar surface area (TPSA) is 71.5 Å². The molecular weight excluding hydrogens is 330 g/mol. The number of benzene rings is 1. The normalized spacial score (nSPS) is 14.3. The molecule has 136 valence electrons. The number of nitrogens with zero attached hydrogens (tertiary/aromatic N) is 2. The molecule has 6 heteroatoms. The third kappa shape index (κ3) is 4.26. The number of hydrogen-bond acceptors (Lipinski definition) is 4. The lowest BCUT2D eigenvalue weighted by molar-refractivity contribution is 0.0302. The van der Waals surface area contributed by atoms with Gasteiger partial charge in [-0.2, -0.15) is 0 Å². The molecule has 2 heterocycles. The van der Waals surface area contributed by atoms with Crippen molar-refractivity contribution in [2.75, 3.05) is 31.6 Å². The zero-order chi connectivity index (χ0) is 18.5. The molecule has 1 aliphatic rings. The van der Waals surface area contributed by atoms with E-state index >= 15 is 0 Å². The quantitative estimate of drug-likeness (QED) is 0.917. The monoisotopic (exact) mass is 353 g/mol. The second-order valence-electron chi connectivity index (χ2n) is 6.60. The lowest BCUT2D eigenvalue weighted by Gasteiger charge is -2.26. The molecule has 0 saturated carbocycles. The fourth-order valence-electron chi connectivity index (χ4n) is 2.78. The van der Waals surface area contributed by atoms with Crippen LogP contribution >= 0.6 is 0 Å². The fourth-order valence-corrected chi connectivity index (χ4v) is 2.78. The summed E-state index contributed by atoms with van der Waals surface area (Å²) in [7, 11) is 0. The van der Waals surface area contributed by atoms with Crippen molar-refractivity contribution < 1.29 is 14.3 Å². The van der Waals surface area contributed by atoms with Gasteiger partial charge in [0.05, 0.1) is 24.3 Å². The fraction of sp³-hybridized carbons (Fsp3) is 0.350. The lowest BCUT2D eigenvalue weighted by Crippen LogP contribution is -2.40. The Morgan fingerprint density at radius 3 is 2.38 bits per heavy atom. The van der Waals surface area contributed by atoms with Crippen LogP contribution in [0.25, 0.3) is 0 Å². The van der Waals surface area contributed by atoms with Crippen LogP contribution in [-0.4, -0.2) is 48.0 Å². The largest absolute Gasteiger partial charge is 0.378 e. The molecule has 0 unspecified atom stereocenters. The Morgan fingerprint density at radius 1 is 1.08 bits per heavy atom. The minimum absolute atomic E-state index is 0.128. The smallest absolute Gasteiger partial charge is 0.257 e. The molecule has 2 aromatic rings. The van der Waals surface area contributed by atoms with Crippen LogP contribution < -0.4 is 5.32 Å². The molecule has 1 N–H and O–H groups in total. The number of carbonyl (C=O) groups excluding carboxylic acids is 2. The number of carbonyl (C=O) groups is 2. The van der Waals surface area contributed by atoms with Gasteiger partial charge in [0.1, 0.15) is 0 Å². The maximum Gasteiger partial charge on any atom is 0.257 e. The summed E-state index contributed by atoms with van der Waals surface area (Å²) < 4.78 is 5.26. The van der Waals surface area contributed by atoms with Crippen molar-refractivity contribution in [3.8, 4) is 0 Å². The number of morpholine rings is 1. The van der Waals surface area contributed by atoms with E-state index in [2.05, 4.69) is 24.1 Å². The minimum atomic E-state index is -0.286. The standard InChI is InChI=1S/C20H23N3O3/c1-14(2)15-3-5-18(6-4-15)22-19(24)16-11-17(13-21-12-16)20(25)23-7-9-26-10-8-23/h3-6,11-14H,7-10H2,1-2H3,(H,22,24). The first-order chi connectivity index (χ1) is 12.5. The molecule has 1 aromatic carbocycles. The maximum absolute atomic E-state index is 12.5. The molecule has 0 bridgehead atoms. The molecule has 1 saturated heterocycles. The van der Waals surface area contributed by atoms with E-state index in [1.165, 1.54) is 18.0 Å². The summed E-state index contributed by atoms with van der Waals surface area (Å²) in [6, 6.07) is 9.34. The molecule has 1 fully saturated rings. The number of aromatic nitrogens is 1. The molecule has 0 radical (unpaired) electrons. The average Bonchev–Trinajstić information content (AvgIpc) is 2.68. The zero-order valence-corrected chi connectivity index (χ0v) is 15.1. The van der Waals surface area contributed by atoms with Gasteiger partial charge in [0.25, 0.3) is 11.8 Å². The van der Waals surface area contributed by atoms with Crippen LogP contribution in [0.1, 0.15) is 46.0 Å². The highest BCUT2D eigenvalue weighted by Crippen LogP contribution is 2.18. The van der Waals surface area contributed by atoms with Crippen LogP contribution in [-0.2, 0) is 4.74 Å². The molecule has 0 spiro atoms. The maximum atomic E-state index is 12.5. The van der Waals surface area contributed by atoms with Gasteiger partial charge < -0.3 is 15.0 Å². The first-order valence-corrected chi connectivity index (χ1v) is 8.78. The van der Waals surface area contributed by atoms with E-state index in [0.717, 1.165) is 0 Å². The van der Waals surface area contributed by atoms with Gasteiger partial charge in [0, 0.05) is 31.2 Å². The number of anilines is 1. The van der Waals surface area contributed by atoms with Gasteiger partial charge in [-0.25, -0.2) is 0 Å². The van der Waals surface area contributed by atoms with Crippen molar-refractivity contribution in [3.63, 3.8) is 0 Å². The average molecular weight is 353 g/mol. The molecule has 2 amide bonds. The molecule has 0 aliphatic carbocycles. The summed E-state index contributed by atoms with van der Waals surface area (Å²) in [5.41, 5.74) is 2.69. The Hall–Kier alpha value is -2.73. The number of rotatable bonds is 4. The van der Waals surface area contributed by atoms with E-state index < -0.39 is 0 Å². The predicted molar refractivity (Wildman–Crippen MR) is 99.4 cm³/mol. The van der Waals surface area contributed by atoms with Gasteiger partial charge in [0.15, 0.2) is 0 Å². The van der Waals surface area contributed by atoms with Crippen LogP contribution in [0.2, 0.25) is 0 Å². The van der Waals surface area contributed by atoms with Gasteiger partial charge in [-0.15, -0.1) is 0 Å². The Bertz CT molecular complexity index is 781. The van der Waals surface area contributed by atoms with E-state index in [4.69, 9.17) is 4.74 Å². The number of hydrogen-bond donors (Lipinski definition) is 1. The molecule has 1 aromatic heterocycles. The van der Waals surface area contributed by atoms with E-state index in [-0.39, 0.29) is 11.8 Å². The molecule has 1 aliphatic heterocycles. The highest BCUT2D eigenvalue weighted by atomic mass is 16.5. The van der Waals surface area contributed by atoms with Crippen LogP contribution in [0.15, 0.2) is 42.7 Å². The Morgan fingerprint density at radius 2 is 1.73 bits per heavy atom.